The summed E-state index contributed by atoms with van der Waals surface area (Å²) in [5, 5.41) is 31.7. The molecule has 0 radical (unpaired) electrons. The molecule has 25 heavy (non-hydrogen) atoms. The highest BCUT2D eigenvalue weighted by molar-refractivity contribution is 5.89. The normalized spacial score (nSPS) is 51.3. The number of hydrogen-bond acceptors (Lipinski definition) is 4. The summed E-state index contributed by atoms with van der Waals surface area (Å²) in [7, 11) is 0. The first-order valence-electron chi connectivity index (χ1n) is 9.70. The fourth-order valence-electron chi connectivity index (χ4n) is 7.03. The smallest absolute Gasteiger partial charge is 0.190 e. The molecular weight excluding hydrogens is 316 g/mol. The summed E-state index contributed by atoms with van der Waals surface area (Å²) in [6.45, 7) is 3.61. The first kappa shape index (κ1) is 17.4. The lowest BCUT2D eigenvalue weighted by Gasteiger charge is -2.59. The average molecular weight is 346 g/mol. The second kappa shape index (κ2) is 5.51. The predicted octanol–water partition coefficient (Wildman–Crippen LogP) is 2.38. The Morgan fingerprint density at radius 1 is 1.32 bits per heavy atom. The molecule has 1 unspecified atom stereocenters. The second-order valence-electron chi connectivity index (χ2n) is 9.22. The van der Waals surface area contributed by atoms with Gasteiger partial charge in [-0.2, -0.15) is 0 Å². The van der Waals surface area contributed by atoms with E-state index < -0.39 is 29.5 Å². The van der Waals surface area contributed by atoms with Gasteiger partial charge in [0.2, 0.25) is 0 Å². The molecule has 7 atom stereocenters. The van der Waals surface area contributed by atoms with E-state index in [1.807, 2.05) is 6.92 Å². The van der Waals surface area contributed by atoms with E-state index in [0.717, 1.165) is 25.7 Å². The van der Waals surface area contributed by atoms with Gasteiger partial charge in [0.1, 0.15) is 12.2 Å². The lowest BCUT2D eigenvalue weighted by Crippen LogP contribution is -2.61. The van der Waals surface area contributed by atoms with Gasteiger partial charge in [0.15, 0.2) is 5.78 Å². The predicted molar refractivity (Wildman–Crippen MR) is 94.7 cm³/mol. The fraction of sp³-hybridized carbons (Fsp3) is 0.762. The van der Waals surface area contributed by atoms with Crippen LogP contribution in [0, 0.1) is 28.6 Å². The molecule has 0 aromatic carbocycles. The largest absolute Gasteiger partial charge is 0.393 e. The molecule has 4 rings (SSSR count). The maximum atomic E-state index is 12.4. The van der Waals surface area contributed by atoms with Gasteiger partial charge in [0, 0.05) is 5.41 Å². The number of rotatable bonds is 2. The fourth-order valence-corrected chi connectivity index (χ4v) is 7.03. The quantitative estimate of drug-likeness (QED) is 0.717. The number of carbonyl (C=O) groups excluding carboxylic acids is 1. The monoisotopic (exact) mass is 346 g/mol. The molecule has 4 nitrogen and oxygen atoms in total. The maximum absolute atomic E-state index is 12.4. The number of carbonyl (C=O) groups is 1. The lowest BCUT2D eigenvalue weighted by atomic mass is 9.46. The summed E-state index contributed by atoms with van der Waals surface area (Å²) in [4.78, 5) is 12.4. The molecule has 0 saturated heterocycles. The molecule has 0 bridgehead atoms. The van der Waals surface area contributed by atoms with E-state index in [1.54, 1.807) is 0 Å². The Morgan fingerprint density at radius 3 is 2.80 bits per heavy atom. The Kier molecular flexibility index (Phi) is 3.85. The third-order valence-corrected chi connectivity index (χ3v) is 8.34. The van der Waals surface area contributed by atoms with Gasteiger partial charge < -0.3 is 15.3 Å². The van der Waals surface area contributed by atoms with Crippen molar-refractivity contribution in [3.8, 4) is 0 Å². The summed E-state index contributed by atoms with van der Waals surface area (Å²) in [5.74, 6) is 0.195. The van der Waals surface area contributed by atoms with E-state index in [1.165, 1.54) is 5.57 Å². The molecule has 4 heteroatoms. The number of hydrogen-bond donors (Lipinski definition) is 3. The van der Waals surface area contributed by atoms with Crippen LogP contribution >= 0.6 is 0 Å². The van der Waals surface area contributed by atoms with Crippen LogP contribution in [0.2, 0.25) is 0 Å². The van der Waals surface area contributed by atoms with E-state index >= 15 is 0 Å². The van der Waals surface area contributed by atoms with Gasteiger partial charge in [-0.25, -0.2) is 0 Å². The zero-order valence-corrected chi connectivity index (χ0v) is 15.2. The van der Waals surface area contributed by atoms with Crippen molar-refractivity contribution in [1.29, 1.82) is 0 Å². The van der Waals surface area contributed by atoms with Gasteiger partial charge in [-0.05, 0) is 67.3 Å². The standard InChI is InChI=1S/C21H30O4/c1-19-9-4-3-5-13(19)6-7-14-15-8-10-21(25,17(24)12-22)20(15,2)11-16(23)18(14)19/h3,5-6,14-16,18,22-23,25H,4,7-12H2,1-2H3/t14-,15-,16?,18+,19-,20-,21-/m0/s1. The van der Waals surface area contributed by atoms with Crippen LogP contribution in [0.1, 0.15) is 52.4 Å². The summed E-state index contributed by atoms with van der Waals surface area (Å²) in [6.07, 6.45) is 10.9. The van der Waals surface area contributed by atoms with Crippen LogP contribution in [-0.2, 0) is 4.79 Å². The second-order valence-corrected chi connectivity index (χ2v) is 9.22. The van der Waals surface area contributed by atoms with Crippen molar-refractivity contribution >= 4 is 5.78 Å². The van der Waals surface area contributed by atoms with Crippen molar-refractivity contribution in [2.75, 3.05) is 6.61 Å². The van der Waals surface area contributed by atoms with Crippen LogP contribution in [0.5, 0.6) is 0 Å². The highest BCUT2D eigenvalue weighted by Gasteiger charge is 2.67. The molecule has 0 aliphatic heterocycles. The van der Waals surface area contributed by atoms with Gasteiger partial charge in [-0.1, -0.05) is 32.1 Å². The van der Waals surface area contributed by atoms with E-state index in [2.05, 4.69) is 25.2 Å². The van der Waals surface area contributed by atoms with Crippen molar-refractivity contribution in [3.63, 3.8) is 0 Å². The molecule has 0 aromatic heterocycles. The Labute approximate surface area is 149 Å². The minimum atomic E-state index is -1.50. The third kappa shape index (κ3) is 2.08. The van der Waals surface area contributed by atoms with Gasteiger partial charge in [-0.15, -0.1) is 0 Å². The SMILES string of the molecule is C[C@]12CCC=CC1=CC[C@@H]1[C@@H]2C(O)C[C@@]2(C)[C@H]1CC[C@]2(O)C(=O)CO. The van der Waals surface area contributed by atoms with E-state index in [4.69, 9.17) is 0 Å². The van der Waals surface area contributed by atoms with Crippen molar-refractivity contribution in [2.45, 2.75) is 64.1 Å². The molecule has 0 spiro atoms. The number of ketones is 1. The Bertz CT molecular complexity index is 652. The van der Waals surface area contributed by atoms with Gasteiger partial charge >= 0.3 is 0 Å². The molecular formula is C21H30O4. The van der Waals surface area contributed by atoms with Crippen molar-refractivity contribution in [1.82, 2.24) is 0 Å². The van der Waals surface area contributed by atoms with Crippen molar-refractivity contribution in [2.24, 2.45) is 28.6 Å². The Morgan fingerprint density at radius 2 is 2.08 bits per heavy atom. The van der Waals surface area contributed by atoms with E-state index in [0.29, 0.717) is 12.8 Å². The summed E-state index contributed by atoms with van der Waals surface area (Å²) >= 11 is 0. The van der Waals surface area contributed by atoms with Crippen molar-refractivity contribution in [3.05, 3.63) is 23.8 Å². The minimum absolute atomic E-state index is 0.0138. The molecule has 138 valence electrons. The lowest BCUT2D eigenvalue weighted by molar-refractivity contribution is -0.178. The van der Waals surface area contributed by atoms with Crippen molar-refractivity contribution < 1.29 is 20.1 Å². The number of fused-ring (bicyclic) bond motifs is 5. The van der Waals surface area contributed by atoms with Crippen LogP contribution in [0.3, 0.4) is 0 Å². The van der Waals surface area contributed by atoms with E-state index in [-0.39, 0.29) is 23.2 Å². The number of allylic oxidation sites excluding steroid dienone is 4. The van der Waals surface area contributed by atoms with Gasteiger partial charge in [-0.3, -0.25) is 4.79 Å². The minimum Gasteiger partial charge on any atom is -0.393 e. The number of Topliss-reactive ketones (excluding diaryl/α,β-unsaturated/α-hetero) is 1. The molecule has 0 aromatic rings. The molecule has 4 aliphatic carbocycles. The van der Waals surface area contributed by atoms with Crippen LogP contribution < -0.4 is 0 Å². The number of aliphatic hydroxyl groups is 3. The zero-order chi connectivity index (χ0) is 18.0. The van der Waals surface area contributed by atoms with Crippen LogP contribution in [0.25, 0.3) is 0 Å². The number of aliphatic hydroxyl groups excluding tert-OH is 2. The van der Waals surface area contributed by atoms with Crippen LogP contribution in [0.15, 0.2) is 23.8 Å². The molecule has 2 fully saturated rings. The highest BCUT2D eigenvalue weighted by Crippen LogP contribution is 2.66. The molecule has 4 aliphatic rings. The first-order valence-corrected chi connectivity index (χ1v) is 9.70. The third-order valence-electron chi connectivity index (χ3n) is 8.34. The Hall–Kier alpha value is -0.970. The van der Waals surface area contributed by atoms with Gasteiger partial charge in [0.25, 0.3) is 0 Å². The molecule has 3 N–H and O–H groups in total. The summed E-state index contributed by atoms with van der Waals surface area (Å²) in [5.41, 5.74) is -0.822. The molecule has 0 heterocycles. The zero-order valence-electron chi connectivity index (χ0n) is 15.2. The first-order chi connectivity index (χ1) is 11.8. The molecule has 2 saturated carbocycles. The topological polar surface area (TPSA) is 77.8 Å². The average Bonchev–Trinajstić information content (AvgIpc) is 2.85. The Balaban J connectivity index is 1.76. The van der Waals surface area contributed by atoms with Crippen LogP contribution in [0.4, 0.5) is 0 Å². The summed E-state index contributed by atoms with van der Waals surface area (Å²) in [6, 6.07) is 0. The maximum Gasteiger partial charge on any atom is 0.190 e. The summed E-state index contributed by atoms with van der Waals surface area (Å²) < 4.78 is 0. The van der Waals surface area contributed by atoms with E-state index in [9.17, 15) is 20.1 Å². The highest BCUT2D eigenvalue weighted by atomic mass is 16.3. The molecule has 0 amide bonds. The van der Waals surface area contributed by atoms with Crippen LogP contribution in [-0.4, -0.2) is 39.4 Å². The van der Waals surface area contributed by atoms with Gasteiger partial charge in [0.05, 0.1) is 6.10 Å².